The van der Waals surface area contributed by atoms with E-state index < -0.39 is 29.7 Å². The molecule has 5 nitrogen and oxygen atoms in total. The van der Waals surface area contributed by atoms with Gasteiger partial charge in [0.25, 0.3) is 5.91 Å². The fourth-order valence-corrected chi connectivity index (χ4v) is 2.26. The lowest BCUT2D eigenvalue weighted by atomic mass is 10.0. The van der Waals surface area contributed by atoms with Crippen molar-refractivity contribution in [2.24, 2.45) is 0 Å². The number of ether oxygens (including phenoxy) is 1. The number of amides is 1. The zero-order valence-corrected chi connectivity index (χ0v) is 13.7. The van der Waals surface area contributed by atoms with Crippen molar-refractivity contribution in [2.75, 3.05) is 7.11 Å². The van der Waals surface area contributed by atoms with Gasteiger partial charge in [0, 0.05) is 12.0 Å². The summed E-state index contributed by atoms with van der Waals surface area (Å²) in [6.45, 7) is 0. The van der Waals surface area contributed by atoms with Crippen molar-refractivity contribution in [1.29, 1.82) is 0 Å². The average Bonchev–Trinajstić information content (AvgIpc) is 2.61. The number of halogens is 3. The number of carbonyl (C=O) groups is 2. The van der Waals surface area contributed by atoms with Gasteiger partial charge in [-0.1, -0.05) is 12.1 Å². The topological polar surface area (TPSA) is 75.6 Å². The van der Waals surface area contributed by atoms with E-state index in [4.69, 9.17) is 0 Å². The molecule has 138 valence electrons. The number of phenolic OH excluding ortho intramolecular Hbond substituents is 1. The third-order valence-electron chi connectivity index (χ3n) is 3.64. The van der Waals surface area contributed by atoms with Crippen LogP contribution in [0.1, 0.15) is 21.5 Å². The van der Waals surface area contributed by atoms with E-state index in [1.165, 1.54) is 12.1 Å². The smallest absolute Gasteiger partial charge is 0.416 e. The van der Waals surface area contributed by atoms with Crippen molar-refractivity contribution in [3.05, 3.63) is 65.2 Å². The first kappa shape index (κ1) is 19.3. The molecule has 2 aromatic carbocycles. The van der Waals surface area contributed by atoms with Crippen molar-refractivity contribution >= 4 is 11.9 Å². The van der Waals surface area contributed by atoms with E-state index in [0.29, 0.717) is 5.56 Å². The molecule has 0 heterocycles. The maximum atomic E-state index is 12.6. The molecule has 2 rings (SSSR count). The minimum Gasteiger partial charge on any atom is -0.508 e. The summed E-state index contributed by atoms with van der Waals surface area (Å²) in [4.78, 5) is 24.1. The van der Waals surface area contributed by atoms with Crippen LogP contribution in [-0.4, -0.2) is 30.1 Å². The zero-order chi connectivity index (χ0) is 19.3. The van der Waals surface area contributed by atoms with Gasteiger partial charge < -0.3 is 15.2 Å². The largest absolute Gasteiger partial charge is 0.508 e. The second-order valence-electron chi connectivity index (χ2n) is 5.49. The molecule has 1 unspecified atom stereocenters. The van der Waals surface area contributed by atoms with Crippen molar-refractivity contribution in [3.8, 4) is 5.75 Å². The number of rotatable bonds is 5. The van der Waals surface area contributed by atoms with Crippen molar-refractivity contribution in [1.82, 2.24) is 5.32 Å². The first-order valence-electron chi connectivity index (χ1n) is 7.54. The summed E-state index contributed by atoms with van der Waals surface area (Å²) in [6.07, 6.45) is -4.40. The van der Waals surface area contributed by atoms with Crippen molar-refractivity contribution in [3.63, 3.8) is 0 Å². The highest BCUT2D eigenvalue weighted by atomic mass is 19.4. The second-order valence-corrected chi connectivity index (χ2v) is 5.49. The SMILES string of the molecule is COC(=O)C(Cc1ccc(O)cc1)NC(=O)c1ccc(C(F)(F)F)cc1. The highest BCUT2D eigenvalue weighted by Crippen LogP contribution is 2.29. The number of nitrogens with one attached hydrogen (secondary N) is 1. The van der Waals surface area contributed by atoms with E-state index in [1.807, 2.05) is 0 Å². The summed E-state index contributed by atoms with van der Waals surface area (Å²) >= 11 is 0. The maximum absolute atomic E-state index is 12.6. The van der Waals surface area contributed by atoms with Crippen LogP contribution in [0.3, 0.4) is 0 Å². The van der Waals surface area contributed by atoms with Crippen LogP contribution in [0.2, 0.25) is 0 Å². The summed E-state index contributed by atoms with van der Waals surface area (Å²) in [5, 5.41) is 11.7. The molecule has 0 bridgehead atoms. The van der Waals surface area contributed by atoms with Crippen LogP contribution < -0.4 is 5.32 Å². The van der Waals surface area contributed by atoms with E-state index >= 15 is 0 Å². The number of phenols is 1. The number of carbonyl (C=O) groups excluding carboxylic acids is 2. The van der Waals surface area contributed by atoms with Crippen LogP contribution in [0.15, 0.2) is 48.5 Å². The molecule has 0 aromatic heterocycles. The Kier molecular flexibility index (Phi) is 5.86. The monoisotopic (exact) mass is 367 g/mol. The van der Waals surface area contributed by atoms with Gasteiger partial charge in [0.05, 0.1) is 12.7 Å². The summed E-state index contributed by atoms with van der Waals surface area (Å²) < 4.78 is 42.4. The summed E-state index contributed by atoms with van der Waals surface area (Å²) in [5.41, 5.74) is -0.230. The van der Waals surface area contributed by atoms with E-state index in [9.17, 15) is 27.9 Å². The van der Waals surface area contributed by atoms with Gasteiger partial charge in [0.2, 0.25) is 0 Å². The van der Waals surface area contributed by atoms with Crippen LogP contribution >= 0.6 is 0 Å². The quantitative estimate of drug-likeness (QED) is 0.797. The number of hydrogen-bond donors (Lipinski definition) is 2. The molecule has 26 heavy (non-hydrogen) atoms. The number of methoxy groups -OCH3 is 1. The first-order chi connectivity index (χ1) is 12.2. The molecule has 0 saturated heterocycles. The van der Waals surface area contributed by atoms with Gasteiger partial charge in [-0.15, -0.1) is 0 Å². The summed E-state index contributed by atoms with van der Waals surface area (Å²) in [6, 6.07) is 8.65. The molecule has 1 atom stereocenters. The highest BCUT2D eigenvalue weighted by molar-refractivity contribution is 5.96. The van der Waals surface area contributed by atoms with Gasteiger partial charge in [0.1, 0.15) is 11.8 Å². The Hall–Kier alpha value is -3.03. The predicted molar refractivity (Wildman–Crippen MR) is 86.5 cm³/mol. The highest BCUT2D eigenvalue weighted by Gasteiger charge is 2.30. The van der Waals surface area contributed by atoms with Gasteiger partial charge in [-0.05, 0) is 42.0 Å². The number of aromatic hydroxyl groups is 1. The molecule has 2 N–H and O–H groups in total. The summed E-state index contributed by atoms with van der Waals surface area (Å²) in [7, 11) is 1.16. The zero-order valence-electron chi connectivity index (χ0n) is 13.7. The van der Waals surface area contributed by atoms with Crippen molar-refractivity contribution < 1.29 is 32.6 Å². The van der Waals surface area contributed by atoms with Gasteiger partial charge in [-0.2, -0.15) is 13.2 Å². The standard InChI is InChI=1S/C18H16F3NO4/c1-26-17(25)15(10-11-2-8-14(23)9-3-11)22-16(24)12-4-6-13(7-5-12)18(19,20)21/h2-9,15,23H,10H2,1H3,(H,22,24). The third-order valence-corrected chi connectivity index (χ3v) is 3.64. The molecule has 8 heteroatoms. The lowest BCUT2D eigenvalue weighted by Crippen LogP contribution is -2.43. The molecule has 0 aliphatic rings. The van der Waals surface area contributed by atoms with Gasteiger partial charge >= 0.3 is 12.1 Å². The Morgan fingerprint density at radius 1 is 1.08 bits per heavy atom. The van der Waals surface area contributed by atoms with E-state index in [0.717, 1.165) is 31.4 Å². The molecule has 2 aromatic rings. The van der Waals surface area contributed by atoms with E-state index in [-0.39, 0.29) is 17.7 Å². The number of esters is 1. The fraction of sp³-hybridized carbons (Fsp3) is 0.222. The molecule has 0 aliphatic carbocycles. The fourth-order valence-electron chi connectivity index (χ4n) is 2.26. The maximum Gasteiger partial charge on any atom is 0.416 e. The number of benzene rings is 2. The minimum atomic E-state index is -4.50. The van der Waals surface area contributed by atoms with Crippen molar-refractivity contribution in [2.45, 2.75) is 18.6 Å². The Morgan fingerprint density at radius 2 is 1.65 bits per heavy atom. The van der Waals surface area contributed by atoms with Crippen LogP contribution in [0.4, 0.5) is 13.2 Å². The minimum absolute atomic E-state index is 0.0161. The predicted octanol–water partition coefficient (Wildman–Crippen LogP) is 2.93. The Balaban J connectivity index is 2.13. The lowest BCUT2D eigenvalue weighted by molar-refractivity contribution is -0.142. The molecule has 1 amide bonds. The van der Waals surface area contributed by atoms with Gasteiger partial charge in [0.15, 0.2) is 0 Å². The van der Waals surface area contributed by atoms with Crippen LogP contribution in [0, 0.1) is 0 Å². The Morgan fingerprint density at radius 3 is 2.15 bits per heavy atom. The lowest BCUT2D eigenvalue weighted by Gasteiger charge is -2.17. The Bertz CT molecular complexity index is 771. The van der Waals surface area contributed by atoms with Gasteiger partial charge in [-0.25, -0.2) is 4.79 Å². The first-order valence-corrected chi connectivity index (χ1v) is 7.54. The molecular weight excluding hydrogens is 351 g/mol. The van der Waals surface area contributed by atoms with E-state index in [1.54, 1.807) is 12.1 Å². The second kappa shape index (κ2) is 7.90. The molecular formula is C18H16F3NO4. The molecule has 0 radical (unpaired) electrons. The van der Waals surface area contributed by atoms with Crippen LogP contribution in [0.5, 0.6) is 5.75 Å². The molecule has 0 spiro atoms. The van der Waals surface area contributed by atoms with Crippen LogP contribution in [-0.2, 0) is 22.1 Å². The van der Waals surface area contributed by atoms with E-state index in [2.05, 4.69) is 10.1 Å². The molecule has 0 fully saturated rings. The third kappa shape index (κ3) is 4.98. The molecule has 0 saturated carbocycles. The number of alkyl halides is 3. The molecule has 0 aliphatic heterocycles. The normalized spacial score (nSPS) is 12.3. The Labute approximate surface area is 147 Å². The summed E-state index contributed by atoms with van der Waals surface area (Å²) in [5.74, 6) is -1.34. The van der Waals surface area contributed by atoms with Gasteiger partial charge in [-0.3, -0.25) is 4.79 Å². The van der Waals surface area contributed by atoms with Crippen LogP contribution in [0.25, 0.3) is 0 Å². The average molecular weight is 367 g/mol. The number of hydrogen-bond acceptors (Lipinski definition) is 4.